The van der Waals surface area contributed by atoms with Gasteiger partial charge in [0.05, 0.1) is 31.4 Å². The molecule has 1 atom stereocenters. The Morgan fingerprint density at radius 1 is 1.03 bits per heavy atom. The molecule has 3 aromatic carbocycles. The number of hydrogen-bond donors (Lipinski definition) is 1. The molecule has 1 saturated heterocycles. The summed E-state index contributed by atoms with van der Waals surface area (Å²) in [6, 6.07) is 14.3. The van der Waals surface area contributed by atoms with Crippen LogP contribution in [0.15, 0.2) is 66.2 Å². The van der Waals surface area contributed by atoms with Gasteiger partial charge < -0.3 is 14.6 Å². The monoisotopic (exact) mass is 481 g/mol. The van der Waals surface area contributed by atoms with Crippen molar-refractivity contribution in [3.63, 3.8) is 0 Å². The van der Waals surface area contributed by atoms with Crippen molar-refractivity contribution in [2.24, 2.45) is 0 Å². The predicted octanol–water partition coefficient (Wildman–Crippen LogP) is 5.43. The molecule has 0 saturated carbocycles. The van der Waals surface area contributed by atoms with Crippen LogP contribution in [0.25, 0.3) is 5.76 Å². The highest BCUT2D eigenvalue weighted by molar-refractivity contribution is 6.52. The Hall–Kier alpha value is -3.84. The fourth-order valence-electron chi connectivity index (χ4n) is 3.97. The molecular formula is C26H21ClFNO5. The molecule has 1 aliphatic heterocycles. The van der Waals surface area contributed by atoms with Gasteiger partial charge in [0.2, 0.25) is 0 Å². The number of aliphatic hydroxyl groups excluding tert-OH is 1. The second-order valence-corrected chi connectivity index (χ2v) is 8.13. The molecule has 0 spiro atoms. The lowest BCUT2D eigenvalue weighted by molar-refractivity contribution is -0.132. The molecule has 1 amide bonds. The first-order valence-corrected chi connectivity index (χ1v) is 10.7. The quantitative estimate of drug-likeness (QED) is 0.299. The lowest BCUT2D eigenvalue weighted by atomic mass is 9.94. The van der Waals surface area contributed by atoms with E-state index in [2.05, 4.69) is 0 Å². The summed E-state index contributed by atoms with van der Waals surface area (Å²) >= 11 is 6.31. The summed E-state index contributed by atoms with van der Waals surface area (Å²) in [4.78, 5) is 27.8. The number of ether oxygens (including phenoxy) is 2. The van der Waals surface area contributed by atoms with Crippen molar-refractivity contribution < 1.29 is 28.6 Å². The maximum absolute atomic E-state index is 14.1. The average Bonchev–Trinajstić information content (AvgIpc) is 3.10. The molecule has 1 N–H and O–H groups in total. The predicted molar refractivity (Wildman–Crippen MR) is 127 cm³/mol. The highest BCUT2D eigenvalue weighted by Crippen LogP contribution is 2.44. The van der Waals surface area contributed by atoms with Crippen molar-refractivity contribution in [1.29, 1.82) is 0 Å². The van der Waals surface area contributed by atoms with E-state index in [-0.39, 0.29) is 16.9 Å². The summed E-state index contributed by atoms with van der Waals surface area (Å²) in [6.45, 7) is 1.82. The van der Waals surface area contributed by atoms with Crippen LogP contribution in [0.2, 0.25) is 5.02 Å². The zero-order chi connectivity index (χ0) is 24.6. The molecule has 34 heavy (non-hydrogen) atoms. The first kappa shape index (κ1) is 23.3. The van der Waals surface area contributed by atoms with E-state index in [1.54, 1.807) is 42.5 Å². The number of methoxy groups -OCH3 is 2. The second-order valence-electron chi connectivity index (χ2n) is 7.72. The lowest BCUT2D eigenvalue weighted by Crippen LogP contribution is -2.29. The summed E-state index contributed by atoms with van der Waals surface area (Å²) in [5.41, 5.74) is 1.42. The van der Waals surface area contributed by atoms with Crippen molar-refractivity contribution >= 4 is 34.7 Å². The number of Topliss-reactive ketones (excluding diaryl/α,β-unsaturated/α-hetero) is 1. The summed E-state index contributed by atoms with van der Waals surface area (Å²) in [6.07, 6.45) is 0. The molecule has 4 rings (SSSR count). The number of aliphatic hydroxyl groups is 1. The maximum Gasteiger partial charge on any atom is 0.300 e. The van der Waals surface area contributed by atoms with Crippen molar-refractivity contribution in [3.05, 3.63) is 93.8 Å². The van der Waals surface area contributed by atoms with Crippen LogP contribution in [0.4, 0.5) is 10.1 Å². The van der Waals surface area contributed by atoms with E-state index in [1.165, 1.54) is 31.3 Å². The van der Waals surface area contributed by atoms with Crippen LogP contribution in [0, 0.1) is 12.7 Å². The topological polar surface area (TPSA) is 76.1 Å². The average molecular weight is 482 g/mol. The molecule has 0 radical (unpaired) electrons. The Bertz CT molecular complexity index is 1340. The summed E-state index contributed by atoms with van der Waals surface area (Å²) in [5, 5.41) is 11.7. The summed E-state index contributed by atoms with van der Waals surface area (Å²) in [7, 11) is 2.85. The van der Waals surface area contributed by atoms with Gasteiger partial charge in [0, 0.05) is 10.7 Å². The molecule has 1 aliphatic rings. The molecule has 1 unspecified atom stereocenters. The number of halogens is 2. The highest BCUT2D eigenvalue weighted by atomic mass is 35.5. The molecule has 6 nitrogen and oxygen atoms in total. The van der Waals surface area contributed by atoms with E-state index in [4.69, 9.17) is 21.1 Å². The minimum absolute atomic E-state index is 0.0460. The van der Waals surface area contributed by atoms with Crippen LogP contribution in [0.5, 0.6) is 11.5 Å². The molecule has 174 valence electrons. The van der Waals surface area contributed by atoms with E-state index in [0.717, 1.165) is 11.6 Å². The third kappa shape index (κ3) is 3.99. The first-order chi connectivity index (χ1) is 16.3. The zero-order valence-corrected chi connectivity index (χ0v) is 19.4. The Labute approximate surface area is 200 Å². The van der Waals surface area contributed by atoms with Crippen LogP contribution < -0.4 is 14.4 Å². The van der Waals surface area contributed by atoms with Gasteiger partial charge in [-0.3, -0.25) is 14.5 Å². The highest BCUT2D eigenvalue weighted by Gasteiger charge is 2.47. The smallest absolute Gasteiger partial charge is 0.300 e. The number of amides is 1. The van der Waals surface area contributed by atoms with Crippen molar-refractivity contribution in [3.8, 4) is 11.5 Å². The molecule has 1 fully saturated rings. The molecule has 0 bridgehead atoms. The Morgan fingerprint density at radius 2 is 1.79 bits per heavy atom. The van der Waals surface area contributed by atoms with Gasteiger partial charge in [-0.25, -0.2) is 4.39 Å². The molecule has 8 heteroatoms. The Balaban J connectivity index is 2.01. The maximum atomic E-state index is 14.1. The minimum Gasteiger partial charge on any atom is -0.507 e. The van der Waals surface area contributed by atoms with Crippen LogP contribution in [0.3, 0.4) is 0 Å². The van der Waals surface area contributed by atoms with Gasteiger partial charge >= 0.3 is 0 Å². The van der Waals surface area contributed by atoms with Crippen LogP contribution in [0.1, 0.15) is 22.7 Å². The fraction of sp³-hybridized carbons (Fsp3) is 0.154. The third-order valence-corrected chi connectivity index (χ3v) is 6.11. The van der Waals surface area contributed by atoms with Gasteiger partial charge in [0.15, 0.2) is 0 Å². The van der Waals surface area contributed by atoms with Crippen molar-refractivity contribution in [1.82, 2.24) is 0 Å². The Kier molecular flexibility index (Phi) is 6.30. The molecule has 0 aromatic heterocycles. The van der Waals surface area contributed by atoms with E-state index in [0.29, 0.717) is 22.0 Å². The number of nitrogens with zero attached hydrogens (tertiary/aromatic N) is 1. The SMILES string of the molecule is COc1cccc(C2/C(=C(\O)c3cc(F)ccc3OC)C(=O)C(=O)N2c2ccc(C)c(Cl)c2)c1. The molecule has 0 aliphatic carbocycles. The van der Waals surface area contributed by atoms with Crippen LogP contribution in [-0.2, 0) is 9.59 Å². The first-order valence-electron chi connectivity index (χ1n) is 10.3. The van der Waals surface area contributed by atoms with Crippen molar-refractivity contribution in [2.45, 2.75) is 13.0 Å². The van der Waals surface area contributed by atoms with Gasteiger partial charge in [0.25, 0.3) is 11.7 Å². The number of carbonyl (C=O) groups is 2. The van der Waals surface area contributed by atoms with Gasteiger partial charge in [-0.05, 0) is 60.5 Å². The number of anilines is 1. The van der Waals surface area contributed by atoms with E-state index in [9.17, 15) is 19.1 Å². The van der Waals surface area contributed by atoms with Gasteiger partial charge in [0.1, 0.15) is 23.1 Å². The molecule has 3 aromatic rings. The van der Waals surface area contributed by atoms with E-state index < -0.39 is 29.3 Å². The summed E-state index contributed by atoms with van der Waals surface area (Å²) < 4.78 is 24.6. The molecule has 1 heterocycles. The number of hydrogen-bond acceptors (Lipinski definition) is 5. The van der Waals surface area contributed by atoms with E-state index >= 15 is 0 Å². The van der Waals surface area contributed by atoms with E-state index in [1.807, 2.05) is 6.92 Å². The van der Waals surface area contributed by atoms with Gasteiger partial charge in [-0.1, -0.05) is 29.8 Å². The van der Waals surface area contributed by atoms with Gasteiger partial charge in [-0.15, -0.1) is 0 Å². The van der Waals surface area contributed by atoms with Crippen LogP contribution in [-0.4, -0.2) is 31.0 Å². The fourth-order valence-corrected chi connectivity index (χ4v) is 4.14. The van der Waals surface area contributed by atoms with Crippen LogP contribution >= 0.6 is 11.6 Å². The molecular weight excluding hydrogens is 461 g/mol. The second kappa shape index (κ2) is 9.19. The number of rotatable bonds is 5. The Morgan fingerprint density at radius 3 is 2.47 bits per heavy atom. The minimum atomic E-state index is -1.03. The van der Waals surface area contributed by atoms with Crippen molar-refractivity contribution in [2.75, 3.05) is 19.1 Å². The zero-order valence-electron chi connectivity index (χ0n) is 18.6. The summed E-state index contributed by atoms with van der Waals surface area (Å²) in [5.74, 6) is -2.33. The largest absolute Gasteiger partial charge is 0.507 e. The normalized spacial score (nSPS) is 17.2. The lowest BCUT2D eigenvalue weighted by Gasteiger charge is -2.26. The number of carbonyl (C=O) groups excluding carboxylic acids is 2. The number of ketones is 1. The number of benzene rings is 3. The van der Waals surface area contributed by atoms with Gasteiger partial charge in [-0.2, -0.15) is 0 Å². The standard InChI is InChI=1S/C26H21ClFNO5/c1-14-7-9-17(13-20(14)27)29-23(15-5-4-6-18(11-15)33-2)22(25(31)26(29)32)24(30)19-12-16(28)8-10-21(19)34-3/h4-13,23,30H,1-3H3/b24-22+. The third-order valence-electron chi connectivity index (χ3n) is 5.70. The number of aryl methyl sites for hydroxylation is 1.